The maximum atomic E-state index is 12.8. The second kappa shape index (κ2) is 6.69. The Balaban J connectivity index is 1.94. The highest BCUT2D eigenvalue weighted by atomic mass is 16.5. The minimum absolute atomic E-state index is 0.0189. The van der Waals surface area contributed by atoms with Gasteiger partial charge < -0.3 is 14.4 Å². The number of likely N-dealkylation sites (tertiary alicyclic amines) is 1. The molecule has 0 unspecified atom stereocenters. The number of aromatic nitrogens is 1. The molecule has 23 heavy (non-hydrogen) atoms. The molecule has 5 heteroatoms. The molecule has 1 aromatic heterocycles. The van der Waals surface area contributed by atoms with E-state index in [0.29, 0.717) is 5.69 Å². The molecule has 0 spiro atoms. The monoisotopic (exact) mass is 312 g/mol. The fraction of sp³-hybridized carbons (Fsp3) is 0.333. The third kappa shape index (κ3) is 2.99. The predicted octanol–water partition coefficient (Wildman–Crippen LogP) is 3.08. The number of nitrogens with zero attached hydrogens (tertiary/aromatic N) is 2. The smallest absolute Gasteiger partial charge is 0.272 e. The van der Waals surface area contributed by atoms with Crippen LogP contribution in [0.25, 0.3) is 0 Å². The number of carbonyl (C=O) groups is 1. The van der Waals surface area contributed by atoms with Crippen LogP contribution in [0.3, 0.4) is 0 Å². The van der Waals surface area contributed by atoms with E-state index in [4.69, 9.17) is 9.47 Å². The van der Waals surface area contributed by atoms with Crippen molar-refractivity contribution in [3.8, 4) is 11.5 Å². The van der Waals surface area contributed by atoms with Gasteiger partial charge in [0.25, 0.3) is 5.91 Å². The molecule has 0 N–H and O–H groups in total. The van der Waals surface area contributed by atoms with Gasteiger partial charge in [0.15, 0.2) is 0 Å². The number of methoxy groups -OCH3 is 2. The molecular formula is C18H20N2O3. The molecule has 120 valence electrons. The average Bonchev–Trinajstić information content (AvgIpc) is 3.10. The van der Waals surface area contributed by atoms with Crippen molar-refractivity contribution in [2.75, 3.05) is 20.8 Å². The topological polar surface area (TPSA) is 51.7 Å². The molecule has 2 heterocycles. The van der Waals surface area contributed by atoms with Crippen LogP contribution in [0.5, 0.6) is 11.5 Å². The molecule has 1 aromatic carbocycles. The van der Waals surface area contributed by atoms with Crippen LogP contribution in [0.2, 0.25) is 0 Å². The number of hydrogen-bond donors (Lipinski definition) is 0. The Kier molecular flexibility index (Phi) is 4.46. The zero-order chi connectivity index (χ0) is 16.2. The van der Waals surface area contributed by atoms with E-state index in [-0.39, 0.29) is 11.9 Å². The Labute approximate surface area is 135 Å². The van der Waals surface area contributed by atoms with Gasteiger partial charge in [0.05, 0.1) is 20.3 Å². The molecule has 1 aliphatic heterocycles. The Morgan fingerprint density at radius 2 is 2.09 bits per heavy atom. The predicted molar refractivity (Wildman–Crippen MR) is 86.8 cm³/mol. The zero-order valence-corrected chi connectivity index (χ0v) is 13.4. The maximum absolute atomic E-state index is 12.8. The molecule has 3 rings (SSSR count). The van der Waals surface area contributed by atoms with Crippen molar-refractivity contribution in [3.63, 3.8) is 0 Å². The Morgan fingerprint density at radius 3 is 2.78 bits per heavy atom. The van der Waals surface area contributed by atoms with Crippen molar-refractivity contribution in [2.24, 2.45) is 0 Å². The van der Waals surface area contributed by atoms with Gasteiger partial charge in [-0.3, -0.25) is 9.78 Å². The SMILES string of the molecule is COc1ccc(OC)c([C@@H]2CCCN2C(=O)c2ccccn2)c1. The fourth-order valence-corrected chi connectivity index (χ4v) is 3.07. The number of amides is 1. The third-order valence-electron chi connectivity index (χ3n) is 4.19. The summed E-state index contributed by atoms with van der Waals surface area (Å²) in [6, 6.07) is 11.1. The minimum atomic E-state index is -0.0435. The lowest BCUT2D eigenvalue weighted by Crippen LogP contribution is -2.31. The van der Waals surface area contributed by atoms with Gasteiger partial charge in [-0.15, -0.1) is 0 Å². The third-order valence-corrected chi connectivity index (χ3v) is 4.19. The maximum Gasteiger partial charge on any atom is 0.272 e. The molecule has 0 saturated carbocycles. The molecule has 1 fully saturated rings. The number of pyridine rings is 1. The van der Waals surface area contributed by atoms with Gasteiger partial charge in [-0.2, -0.15) is 0 Å². The van der Waals surface area contributed by atoms with Crippen molar-refractivity contribution in [2.45, 2.75) is 18.9 Å². The van der Waals surface area contributed by atoms with Gasteiger partial charge in [-0.25, -0.2) is 0 Å². The van der Waals surface area contributed by atoms with Crippen LogP contribution in [0.1, 0.15) is 34.9 Å². The standard InChI is InChI=1S/C18H20N2O3/c1-22-13-8-9-17(23-2)14(12-13)16-7-5-11-20(16)18(21)15-6-3-4-10-19-15/h3-4,6,8-10,12,16H,5,7,11H2,1-2H3/t16-/m0/s1. The Hall–Kier alpha value is -2.56. The minimum Gasteiger partial charge on any atom is -0.497 e. The van der Waals surface area contributed by atoms with Crippen molar-refractivity contribution in [3.05, 3.63) is 53.9 Å². The number of rotatable bonds is 4. The van der Waals surface area contributed by atoms with Gasteiger partial charge in [0, 0.05) is 18.3 Å². The molecule has 5 nitrogen and oxygen atoms in total. The van der Waals surface area contributed by atoms with E-state index >= 15 is 0 Å². The van der Waals surface area contributed by atoms with Gasteiger partial charge in [0.1, 0.15) is 17.2 Å². The van der Waals surface area contributed by atoms with E-state index in [1.165, 1.54) is 0 Å². The van der Waals surface area contributed by atoms with E-state index in [0.717, 1.165) is 36.4 Å². The number of carbonyl (C=O) groups excluding carboxylic acids is 1. The van der Waals surface area contributed by atoms with Crippen molar-refractivity contribution < 1.29 is 14.3 Å². The largest absolute Gasteiger partial charge is 0.497 e. The second-order valence-corrected chi connectivity index (χ2v) is 5.48. The summed E-state index contributed by atoms with van der Waals surface area (Å²) in [5.74, 6) is 1.49. The normalized spacial score (nSPS) is 17.1. The van der Waals surface area contributed by atoms with Crippen LogP contribution in [-0.2, 0) is 0 Å². The van der Waals surface area contributed by atoms with E-state index < -0.39 is 0 Å². The van der Waals surface area contributed by atoms with E-state index in [2.05, 4.69) is 4.98 Å². The molecule has 1 atom stereocenters. The highest BCUT2D eigenvalue weighted by Crippen LogP contribution is 2.39. The van der Waals surface area contributed by atoms with Crippen molar-refractivity contribution >= 4 is 5.91 Å². The molecule has 1 amide bonds. The van der Waals surface area contributed by atoms with Gasteiger partial charge in [0.2, 0.25) is 0 Å². The molecule has 2 aromatic rings. The lowest BCUT2D eigenvalue weighted by molar-refractivity contribution is 0.0728. The first-order valence-electron chi connectivity index (χ1n) is 7.68. The zero-order valence-electron chi connectivity index (χ0n) is 13.4. The first-order chi connectivity index (χ1) is 11.2. The summed E-state index contributed by atoms with van der Waals surface area (Å²) in [4.78, 5) is 18.8. The van der Waals surface area contributed by atoms with E-state index in [1.54, 1.807) is 26.5 Å². The number of hydrogen-bond acceptors (Lipinski definition) is 4. The van der Waals surface area contributed by atoms with Crippen molar-refractivity contribution in [1.82, 2.24) is 9.88 Å². The molecule has 0 aliphatic carbocycles. The lowest BCUT2D eigenvalue weighted by Gasteiger charge is -2.26. The van der Waals surface area contributed by atoms with Crippen molar-refractivity contribution in [1.29, 1.82) is 0 Å². The summed E-state index contributed by atoms with van der Waals surface area (Å²) in [5, 5.41) is 0. The van der Waals surface area contributed by atoms with Crippen LogP contribution in [-0.4, -0.2) is 36.6 Å². The highest BCUT2D eigenvalue weighted by molar-refractivity contribution is 5.92. The van der Waals surface area contributed by atoms with Gasteiger partial charge in [-0.1, -0.05) is 6.07 Å². The van der Waals surface area contributed by atoms with Crippen LogP contribution < -0.4 is 9.47 Å². The first kappa shape index (κ1) is 15.3. The Bertz CT molecular complexity index is 688. The highest BCUT2D eigenvalue weighted by Gasteiger charge is 2.33. The summed E-state index contributed by atoms with van der Waals surface area (Å²) in [6.07, 6.45) is 3.51. The number of ether oxygens (including phenoxy) is 2. The summed E-state index contributed by atoms with van der Waals surface area (Å²) >= 11 is 0. The Morgan fingerprint density at radius 1 is 1.22 bits per heavy atom. The lowest BCUT2D eigenvalue weighted by atomic mass is 10.0. The number of benzene rings is 1. The van der Waals surface area contributed by atoms with Crippen LogP contribution >= 0.6 is 0 Å². The average molecular weight is 312 g/mol. The van der Waals surface area contributed by atoms with Crippen LogP contribution in [0.15, 0.2) is 42.6 Å². The summed E-state index contributed by atoms with van der Waals surface area (Å²) in [5.41, 5.74) is 1.45. The van der Waals surface area contributed by atoms with Crippen LogP contribution in [0.4, 0.5) is 0 Å². The summed E-state index contributed by atoms with van der Waals surface area (Å²) in [6.45, 7) is 0.723. The van der Waals surface area contributed by atoms with Gasteiger partial charge in [-0.05, 0) is 43.2 Å². The van der Waals surface area contributed by atoms with E-state index in [9.17, 15) is 4.79 Å². The second-order valence-electron chi connectivity index (χ2n) is 5.48. The quantitative estimate of drug-likeness (QED) is 0.870. The first-order valence-corrected chi connectivity index (χ1v) is 7.68. The summed E-state index contributed by atoms with van der Waals surface area (Å²) in [7, 11) is 3.28. The molecule has 0 radical (unpaired) electrons. The molecule has 0 bridgehead atoms. The van der Waals surface area contributed by atoms with Gasteiger partial charge >= 0.3 is 0 Å². The van der Waals surface area contributed by atoms with E-state index in [1.807, 2.05) is 35.2 Å². The summed E-state index contributed by atoms with van der Waals surface area (Å²) < 4.78 is 10.8. The van der Waals surface area contributed by atoms with Crippen LogP contribution in [0, 0.1) is 0 Å². The molecule has 1 saturated heterocycles. The molecular weight excluding hydrogens is 292 g/mol. The molecule has 1 aliphatic rings. The fourth-order valence-electron chi connectivity index (χ4n) is 3.07.